The molecule has 26 heavy (non-hydrogen) atoms. The molecule has 8 heteroatoms. The zero-order valence-electron chi connectivity index (χ0n) is 15.1. The van der Waals surface area contributed by atoms with E-state index in [0.29, 0.717) is 10.7 Å². The van der Waals surface area contributed by atoms with E-state index in [1.807, 2.05) is 25.5 Å². The Morgan fingerprint density at radius 3 is 2.46 bits per heavy atom. The predicted molar refractivity (Wildman–Crippen MR) is 106 cm³/mol. The number of hydrogen-bond acceptors (Lipinski definition) is 3. The summed E-state index contributed by atoms with van der Waals surface area (Å²) >= 11 is 12.1. The Hall–Kier alpha value is -1.24. The summed E-state index contributed by atoms with van der Waals surface area (Å²) < 4.78 is 30.6. The van der Waals surface area contributed by atoms with Crippen LogP contribution < -0.4 is 4.72 Å². The van der Waals surface area contributed by atoms with Gasteiger partial charge in [0.25, 0.3) is 10.0 Å². The fourth-order valence-electron chi connectivity index (χ4n) is 3.23. The molecule has 0 atom stereocenters. The molecule has 1 aromatic heterocycles. The van der Waals surface area contributed by atoms with Crippen LogP contribution >= 0.6 is 23.2 Å². The van der Waals surface area contributed by atoms with Gasteiger partial charge in [0.05, 0.1) is 27.5 Å². The Balaban J connectivity index is 2.04. The van der Waals surface area contributed by atoms with Crippen LogP contribution in [0.1, 0.15) is 58.2 Å². The van der Waals surface area contributed by atoms with Crippen LogP contribution in [0, 0.1) is 0 Å². The number of nitrogens with one attached hydrogen (secondary N) is 1. The molecule has 1 aliphatic rings. The molecule has 142 valence electrons. The predicted octanol–water partition coefficient (Wildman–Crippen LogP) is 5.40. The molecule has 5 nitrogen and oxygen atoms in total. The van der Waals surface area contributed by atoms with Crippen LogP contribution in [0.3, 0.4) is 0 Å². The minimum atomic E-state index is -3.85. The number of rotatable bonds is 4. The molecule has 0 aliphatic heterocycles. The summed E-state index contributed by atoms with van der Waals surface area (Å²) in [6.45, 7) is 5.87. The number of nitrogens with zero attached hydrogens (tertiary/aromatic N) is 2. The van der Waals surface area contributed by atoms with Crippen LogP contribution in [-0.2, 0) is 15.4 Å². The second-order valence-electron chi connectivity index (χ2n) is 7.72. The second kappa shape index (κ2) is 7.06. The highest BCUT2D eigenvalue weighted by atomic mass is 35.5. The van der Waals surface area contributed by atoms with E-state index in [1.165, 1.54) is 0 Å². The maximum absolute atomic E-state index is 13.1. The summed E-state index contributed by atoms with van der Waals surface area (Å²) in [4.78, 5) is 0.188. The smallest absolute Gasteiger partial charge is 0.265 e. The first kappa shape index (κ1) is 19.5. The Bertz CT molecular complexity index is 911. The summed E-state index contributed by atoms with van der Waals surface area (Å²) in [5.41, 5.74) is 0.397. The van der Waals surface area contributed by atoms with E-state index >= 15 is 0 Å². The molecule has 1 saturated carbocycles. The van der Waals surface area contributed by atoms with Crippen molar-refractivity contribution < 1.29 is 8.42 Å². The molecular weight excluding hydrogens is 393 g/mol. The molecule has 0 radical (unpaired) electrons. The van der Waals surface area contributed by atoms with Crippen molar-refractivity contribution in [2.75, 3.05) is 4.72 Å². The second-order valence-corrected chi connectivity index (χ2v) is 10.2. The Kier molecular flexibility index (Phi) is 5.30. The lowest BCUT2D eigenvalue weighted by Gasteiger charge is -2.18. The lowest BCUT2D eigenvalue weighted by atomic mass is 9.92. The Labute approximate surface area is 164 Å². The van der Waals surface area contributed by atoms with Crippen LogP contribution in [-0.4, -0.2) is 18.2 Å². The third kappa shape index (κ3) is 3.87. The molecule has 0 spiro atoms. The molecule has 1 heterocycles. The van der Waals surface area contributed by atoms with E-state index in [0.717, 1.165) is 25.7 Å². The topological polar surface area (TPSA) is 64.0 Å². The number of halogens is 2. The van der Waals surface area contributed by atoms with Gasteiger partial charge in [-0.1, -0.05) is 62.9 Å². The average Bonchev–Trinajstić information content (AvgIpc) is 3.19. The van der Waals surface area contributed by atoms with E-state index in [9.17, 15) is 8.42 Å². The molecule has 1 N–H and O–H groups in total. The number of aromatic nitrogens is 2. The van der Waals surface area contributed by atoms with Crippen LogP contribution in [0.4, 0.5) is 5.69 Å². The molecule has 0 amide bonds. The maximum atomic E-state index is 13.1. The first-order chi connectivity index (χ1) is 12.1. The van der Waals surface area contributed by atoms with Crippen molar-refractivity contribution in [3.63, 3.8) is 0 Å². The standard InChI is InChI=1S/C18H23Cl2N3O2S/c1-18(2,3)17-15(11-23(21-17)12-7-4-5-8-12)26(24,25)22-14-10-6-9-13(19)16(14)20/h6,9-12,22H,4-5,7-8H2,1-3H3. The normalized spacial score (nSPS) is 16.2. The van der Waals surface area contributed by atoms with Crippen molar-refractivity contribution >= 4 is 38.9 Å². The Morgan fingerprint density at radius 1 is 1.19 bits per heavy atom. The highest BCUT2D eigenvalue weighted by molar-refractivity contribution is 7.92. The van der Waals surface area contributed by atoms with Crippen LogP contribution in [0.2, 0.25) is 10.0 Å². The first-order valence-corrected chi connectivity index (χ1v) is 10.9. The van der Waals surface area contributed by atoms with E-state index in [1.54, 1.807) is 24.4 Å². The van der Waals surface area contributed by atoms with E-state index in [2.05, 4.69) is 9.82 Å². The van der Waals surface area contributed by atoms with Crippen molar-refractivity contribution in [1.29, 1.82) is 0 Å². The summed E-state index contributed by atoms with van der Waals surface area (Å²) in [7, 11) is -3.85. The summed E-state index contributed by atoms with van der Waals surface area (Å²) in [6.07, 6.45) is 6.00. The number of sulfonamides is 1. The fraction of sp³-hybridized carbons (Fsp3) is 0.500. The van der Waals surface area contributed by atoms with Gasteiger partial charge in [0.1, 0.15) is 4.90 Å². The zero-order chi connectivity index (χ0) is 19.1. The van der Waals surface area contributed by atoms with Crippen LogP contribution in [0.5, 0.6) is 0 Å². The van der Waals surface area contributed by atoms with Crippen molar-refractivity contribution in [1.82, 2.24) is 9.78 Å². The number of benzene rings is 1. The molecule has 0 saturated heterocycles. The third-order valence-electron chi connectivity index (χ3n) is 4.59. The molecule has 1 aliphatic carbocycles. The van der Waals surface area contributed by atoms with Crippen molar-refractivity contribution in [3.05, 3.63) is 40.1 Å². The molecular formula is C18H23Cl2N3O2S. The van der Waals surface area contributed by atoms with Gasteiger partial charge in [-0.05, 0) is 25.0 Å². The van der Waals surface area contributed by atoms with Gasteiger partial charge < -0.3 is 0 Å². The molecule has 1 fully saturated rings. The van der Waals surface area contributed by atoms with E-state index in [-0.39, 0.29) is 21.6 Å². The van der Waals surface area contributed by atoms with Gasteiger partial charge in [-0.2, -0.15) is 5.10 Å². The van der Waals surface area contributed by atoms with Gasteiger partial charge in [0, 0.05) is 11.6 Å². The van der Waals surface area contributed by atoms with Crippen molar-refractivity contribution in [2.45, 2.75) is 62.8 Å². The minimum Gasteiger partial charge on any atom is -0.278 e. The lowest BCUT2D eigenvalue weighted by Crippen LogP contribution is -2.20. The summed E-state index contributed by atoms with van der Waals surface area (Å²) in [5.74, 6) is 0. The van der Waals surface area contributed by atoms with Crippen LogP contribution in [0.25, 0.3) is 0 Å². The van der Waals surface area contributed by atoms with Gasteiger partial charge >= 0.3 is 0 Å². The third-order valence-corrected chi connectivity index (χ3v) is 6.78. The minimum absolute atomic E-state index is 0.179. The quantitative estimate of drug-likeness (QED) is 0.726. The zero-order valence-corrected chi connectivity index (χ0v) is 17.4. The fourth-order valence-corrected chi connectivity index (χ4v) is 5.05. The first-order valence-electron chi connectivity index (χ1n) is 8.66. The molecule has 0 unspecified atom stereocenters. The lowest BCUT2D eigenvalue weighted by molar-refractivity contribution is 0.448. The van der Waals surface area contributed by atoms with Gasteiger partial charge in [0.15, 0.2) is 0 Å². The maximum Gasteiger partial charge on any atom is 0.265 e. The number of anilines is 1. The highest BCUT2D eigenvalue weighted by Crippen LogP contribution is 2.36. The Morgan fingerprint density at radius 2 is 1.85 bits per heavy atom. The van der Waals surface area contributed by atoms with E-state index in [4.69, 9.17) is 23.2 Å². The van der Waals surface area contributed by atoms with Gasteiger partial charge in [-0.25, -0.2) is 8.42 Å². The summed E-state index contributed by atoms with van der Waals surface area (Å²) in [6, 6.07) is 5.11. The molecule has 0 bridgehead atoms. The summed E-state index contributed by atoms with van der Waals surface area (Å²) in [5, 5.41) is 5.12. The SMILES string of the molecule is CC(C)(C)c1nn(C2CCCC2)cc1S(=O)(=O)Nc1cccc(Cl)c1Cl. The average molecular weight is 416 g/mol. The largest absolute Gasteiger partial charge is 0.278 e. The molecule has 2 aromatic rings. The number of hydrogen-bond donors (Lipinski definition) is 1. The highest BCUT2D eigenvalue weighted by Gasteiger charge is 2.32. The van der Waals surface area contributed by atoms with E-state index < -0.39 is 15.4 Å². The van der Waals surface area contributed by atoms with Crippen molar-refractivity contribution in [2.24, 2.45) is 0 Å². The van der Waals surface area contributed by atoms with Gasteiger partial charge in [0.2, 0.25) is 0 Å². The van der Waals surface area contributed by atoms with Gasteiger partial charge in [-0.3, -0.25) is 9.40 Å². The monoisotopic (exact) mass is 415 g/mol. The van der Waals surface area contributed by atoms with Crippen LogP contribution in [0.15, 0.2) is 29.3 Å². The van der Waals surface area contributed by atoms with Gasteiger partial charge in [-0.15, -0.1) is 0 Å². The van der Waals surface area contributed by atoms with Crippen molar-refractivity contribution in [3.8, 4) is 0 Å². The molecule has 3 rings (SSSR count). The molecule has 1 aromatic carbocycles.